The third-order valence-corrected chi connectivity index (χ3v) is 9.99. The van der Waals surface area contributed by atoms with Gasteiger partial charge in [-0.15, -0.1) is 0 Å². The average molecular weight is 435 g/mol. The van der Waals surface area contributed by atoms with Crippen LogP contribution in [0.5, 0.6) is 0 Å². The Morgan fingerprint density at radius 2 is 1.53 bits per heavy atom. The van der Waals surface area contributed by atoms with Crippen LogP contribution in [0.3, 0.4) is 0 Å². The SMILES string of the molecule is O=C(NCC12CC3CC(CC(C3)C1)C2)C1CCN(S(=O)(=O)c2ccc(F)cc2)CC1. The smallest absolute Gasteiger partial charge is 0.243 e. The number of halogens is 1. The van der Waals surface area contributed by atoms with Gasteiger partial charge in [-0.3, -0.25) is 4.79 Å². The molecule has 1 aliphatic heterocycles. The van der Waals surface area contributed by atoms with Crippen LogP contribution in [-0.2, 0) is 14.8 Å². The van der Waals surface area contributed by atoms with E-state index in [0.29, 0.717) is 31.3 Å². The molecular formula is C23H31FN2O3S. The van der Waals surface area contributed by atoms with Crippen molar-refractivity contribution in [3.05, 3.63) is 30.1 Å². The summed E-state index contributed by atoms with van der Waals surface area (Å²) in [5.41, 5.74) is 0.317. The molecule has 4 aliphatic carbocycles. The second kappa shape index (κ2) is 7.59. The summed E-state index contributed by atoms with van der Waals surface area (Å²) in [7, 11) is -3.64. The highest BCUT2D eigenvalue weighted by atomic mass is 32.2. The Balaban J connectivity index is 1.15. The number of hydrogen-bond donors (Lipinski definition) is 1. The lowest BCUT2D eigenvalue weighted by Crippen LogP contribution is -2.52. The normalized spacial score (nSPS) is 34.2. The van der Waals surface area contributed by atoms with Crippen molar-refractivity contribution < 1.29 is 17.6 Å². The fourth-order valence-corrected chi connectivity index (χ4v) is 8.51. The number of hydrogen-bond acceptors (Lipinski definition) is 3. The molecule has 0 radical (unpaired) electrons. The fraction of sp³-hybridized carbons (Fsp3) is 0.696. The highest BCUT2D eigenvalue weighted by Crippen LogP contribution is 2.59. The van der Waals surface area contributed by atoms with Crippen molar-refractivity contribution in [2.75, 3.05) is 19.6 Å². The van der Waals surface area contributed by atoms with Gasteiger partial charge in [-0.1, -0.05) is 0 Å². The summed E-state index contributed by atoms with van der Waals surface area (Å²) in [5, 5.41) is 3.25. The van der Waals surface area contributed by atoms with Crippen LogP contribution in [-0.4, -0.2) is 38.3 Å². The second-order valence-corrected chi connectivity index (χ2v) is 12.2. The Morgan fingerprint density at radius 1 is 1.00 bits per heavy atom. The first-order chi connectivity index (χ1) is 14.3. The number of sulfonamides is 1. The topological polar surface area (TPSA) is 66.5 Å². The van der Waals surface area contributed by atoms with Crippen LogP contribution in [0.2, 0.25) is 0 Å². The lowest BCUT2D eigenvalue weighted by Gasteiger charge is -2.57. The van der Waals surface area contributed by atoms with Crippen LogP contribution in [0.4, 0.5) is 4.39 Å². The van der Waals surface area contributed by atoms with E-state index in [1.807, 2.05) is 0 Å². The molecule has 1 heterocycles. The molecule has 0 aromatic heterocycles. The summed E-state index contributed by atoms with van der Waals surface area (Å²) < 4.78 is 40.1. The van der Waals surface area contributed by atoms with Gasteiger partial charge in [0.25, 0.3) is 0 Å². The van der Waals surface area contributed by atoms with E-state index in [1.54, 1.807) is 0 Å². The van der Waals surface area contributed by atoms with Crippen molar-refractivity contribution in [2.24, 2.45) is 29.1 Å². The Kier molecular flexibility index (Phi) is 5.17. The van der Waals surface area contributed by atoms with Crippen molar-refractivity contribution in [2.45, 2.75) is 56.3 Å². The molecule has 0 spiro atoms. The van der Waals surface area contributed by atoms with E-state index < -0.39 is 15.8 Å². The maximum Gasteiger partial charge on any atom is 0.243 e. The summed E-state index contributed by atoms with van der Waals surface area (Å²) >= 11 is 0. The Hall–Kier alpha value is -1.47. The lowest BCUT2D eigenvalue weighted by atomic mass is 9.49. The van der Waals surface area contributed by atoms with E-state index in [4.69, 9.17) is 0 Å². The van der Waals surface area contributed by atoms with Crippen molar-refractivity contribution in [1.82, 2.24) is 9.62 Å². The summed E-state index contributed by atoms with van der Waals surface area (Å²) in [4.78, 5) is 12.9. The van der Waals surface area contributed by atoms with Gasteiger partial charge in [0.1, 0.15) is 5.82 Å². The van der Waals surface area contributed by atoms with Gasteiger partial charge in [0.15, 0.2) is 0 Å². The van der Waals surface area contributed by atoms with Crippen LogP contribution in [0, 0.1) is 34.9 Å². The predicted molar refractivity (Wildman–Crippen MR) is 111 cm³/mol. The molecule has 1 aromatic rings. The molecule has 5 aliphatic rings. The van der Waals surface area contributed by atoms with Crippen LogP contribution in [0.25, 0.3) is 0 Å². The Bertz CT molecular complexity index is 872. The molecule has 1 amide bonds. The minimum atomic E-state index is -3.64. The molecule has 30 heavy (non-hydrogen) atoms. The largest absolute Gasteiger partial charge is 0.355 e. The highest BCUT2D eigenvalue weighted by Gasteiger charge is 2.50. The van der Waals surface area contributed by atoms with Crippen LogP contribution in [0.1, 0.15) is 51.4 Å². The third-order valence-electron chi connectivity index (χ3n) is 8.08. The van der Waals surface area contributed by atoms with Crippen LogP contribution < -0.4 is 5.32 Å². The van der Waals surface area contributed by atoms with Gasteiger partial charge in [-0.2, -0.15) is 4.31 Å². The molecule has 0 atom stereocenters. The first-order valence-electron chi connectivity index (χ1n) is 11.4. The maximum absolute atomic E-state index is 13.1. The monoisotopic (exact) mass is 434 g/mol. The highest BCUT2D eigenvalue weighted by molar-refractivity contribution is 7.89. The third kappa shape index (κ3) is 3.79. The predicted octanol–water partition coefficient (Wildman–Crippen LogP) is 3.56. The van der Waals surface area contributed by atoms with E-state index >= 15 is 0 Å². The molecular weight excluding hydrogens is 403 g/mol. The maximum atomic E-state index is 13.1. The summed E-state index contributed by atoms with van der Waals surface area (Å²) in [5.74, 6) is 2.11. The molecule has 0 unspecified atom stereocenters. The Labute approximate surface area is 178 Å². The molecule has 5 nitrogen and oxygen atoms in total. The van der Waals surface area contributed by atoms with E-state index in [2.05, 4.69) is 5.32 Å². The first kappa shape index (κ1) is 20.4. The van der Waals surface area contributed by atoms with Crippen molar-refractivity contribution >= 4 is 15.9 Å². The molecule has 5 fully saturated rings. The zero-order chi connectivity index (χ0) is 20.9. The van der Waals surface area contributed by atoms with Gasteiger partial charge < -0.3 is 5.32 Å². The van der Waals surface area contributed by atoms with Gasteiger partial charge in [-0.05, 0) is 98.8 Å². The number of amides is 1. The molecule has 4 bridgehead atoms. The quantitative estimate of drug-likeness (QED) is 0.771. The van der Waals surface area contributed by atoms with Gasteiger partial charge in [0.05, 0.1) is 4.90 Å². The first-order valence-corrected chi connectivity index (χ1v) is 12.8. The zero-order valence-corrected chi connectivity index (χ0v) is 18.2. The molecule has 164 valence electrons. The summed E-state index contributed by atoms with van der Waals surface area (Å²) in [6.07, 6.45) is 9.08. The molecule has 6 rings (SSSR count). The minimum absolute atomic E-state index is 0.0876. The van der Waals surface area contributed by atoms with E-state index in [-0.39, 0.29) is 16.7 Å². The second-order valence-electron chi connectivity index (χ2n) is 10.3. The number of carbonyl (C=O) groups is 1. The minimum Gasteiger partial charge on any atom is -0.355 e. The number of nitrogens with one attached hydrogen (secondary N) is 1. The lowest BCUT2D eigenvalue weighted by molar-refractivity contribution is -0.128. The van der Waals surface area contributed by atoms with Crippen LogP contribution >= 0.6 is 0 Å². The number of rotatable bonds is 5. The standard InChI is InChI=1S/C23H31FN2O3S/c24-20-1-3-21(4-2-20)30(28,29)26-7-5-19(6-8-26)22(27)25-15-23-12-16-9-17(13-23)11-18(10-16)14-23/h1-4,16-19H,5-15H2,(H,25,27). The van der Waals surface area contributed by atoms with Gasteiger partial charge in [-0.25, -0.2) is 12.8 Å². The van der Waals surface area contributed by atoms with Gasteiger partial charge in [0, 0.05) is 25.6 Å². The van der Waals surface area contributed by atoms with E-state index in [1.165, 1.54) is 55.0 Å². The number of nitrogens with zero attached hydrogens (tertiary/aromatic N) is 1. The van der Waals surface area contributed by atoms with Crippen molar-refractivity contribution in [1.29, 1.82) is 0 Å². The van der Waals surface area contributed by atoms with E-state index in [0.717, 1.165) is 36.4 Å². The van der Waals surface area contributed by atoms with Gasteiger partial charge >= 0.3 is 0 Å². The Morgan fingerprint density at radius 3 is 2.07 bits per heavy atom. The zero-order valence-electron chi connectivity index (χ0n) is 17.4. The van der Waals surface area contributed by atoms with Gasteiger partial charge in [0.2, 0.25) is 15.9 Å². The molecule has 7 heteroatoms. The number of carbonyl (C=O) groups excluding carboxylic acids is 1. The number of benzene rings is 1. The average Bonchev–Trinajstić information content (AvgIpc) is 2.71. The van der Waals surface area contributed by atoms with Crippen molar-refractivity contribution in [3.8, 4) is 0 Å². The summed E-state index contributed by atoms with van der Waals surface area (Å²) in [6.45, 7) is 1.45. The van der Waals surface area contributed by atoms with Crippen LogP contribution in [0.15, 0.2) is 29.2 Å². The molecule has 4 saturated carbocycles. The molecule has 1 N–H and O–H groups in total. The summed E-state index contributed by atoms with van der Waals surface area (Å²) in [6, 6.07) is 4.93. The van der Waals surface area contributed by atoms with Crippen molar-refractivity contribution in [3.63, 3.8) is 0 Å². The fourth-order valence-electron chi connectivity index (χ4n) is 7.04. The number of piperidine rings is 1. The van der Waals surface area contributed by atoms with E-state index in [9.17, 15) is 17.6 Å². The molecule has 1 saturated heterocycles. The molecule has 1 aromatic carbocycles.